The van der Waals surface area contributed by atoms with E-state index in [4.69, 9.17) is 4.74 Å². The molecular weight excluding hydrogens is 495 g/mol. The quantitative estimate of drug-likeness (QED) is 0.363. The van der Waals surface area contributed by atoms with Crippen LogP contribution in [0.2, 0.25) is 0 Å². The predicted octanol–water partition coefficient (Wildman–Crippen LogP) is 6.66. The van der Waals surface area contributed by atoms with Crippen molar-refractivity contribution < 1.29 is 23.8 Å². The standard InChI is InChI=1S/C32H31FN2O4/c1-32(2)16-24-28(27(37)17-32)30(22-14-13-21(15-23(22)33)39-18-19-7-4-3-5-8-19)35(31(38)20-11-12-20)25-9-6-10-26(36)29(25)34-24/h3-10,13-15,20,30,34,36H,11-12,16-18H2,1-2H3. The number of ether oxygens (including phenoxy) is 1. The first-order valence-electron chi connectivity index (χ1n) is 13.4. The zero-order chi connectivity index (χ0) is 27.3. The molecule has 1 aliphatic heterocycles. The van der Waals surface area contributed by atoms with E-state index in [1.54, 1.807) is 30.3 Å². The van der Waals surface area contributed by atoms with E-state index in [2.05, 4.69) is 5.32 Å². The van der Waals surface area contributed by atoms with Gasteiger partial charge in [0.05, 0.1) is 11.7 Å². The Kier molecular flexibility index (Phi) is 6.17. The summed E-state index contributed by atoms with van der Waals surface area (Å²) in [6.07, 6.45) is 2.28. The number of rotatable bonds is 5. The number of anilines is 2. The molecule has 2 aliphatic carbocycles. The van der Waals surface area contributed by atoms with Gasteiger partial charge in [-0.1, -0.05) is 50.2 Å². The number of fused-ring (bicyclic) bond motifs is 1. The van der Waals surface area contributed by atoms with Crippen LogP contribution in [0.1, 0.15) is 56.7 Å². The molecule has 3 aromatic rings. The molecule has 7 heteroatoms. The topological polar surface area (TPSA) is 78.9 Å². The molecular formula is C32H31FN2O4. The van der Waals surface area contributed by atoms with E-state index < -0.39 is 11.9 Å². The van der Waals surface area contributed by atoms with Crippen molar-refractivity contribution in [3.8, 4) is 11.5 Å². The van der Waals surface area contributed by atoms with Crippen LogP contribution >= 0.6 is 0 Å². The number of ketones is 1. The molecule has 0 spiro atoms. The summed E-state index contributed by atoms with van der Waals surface area (Å²) >= 11 is 0. The molecule has 3 aliphatic rings. The molecule has 1 unspecified atom stereocenters. The minimum absolute atomic E-state index is 0.0328. The number of nitrogens with zero attached hydrogens (tertiary/aromatic N) is 1. The number of phenols is 1. The summed E-state index contributed by atoms with van der Waals surface area (Å²) in [5.41, 5.74) is 2.61. The summed E-state index contributed by atoms with van der Waals surface area (Å²) in [6, 6.07) is 18.2. The maximum atomic E-state index is 16.0. The summed E-state index contributed by atoms with van der Waals surface area (Å²) < 4.78 is 21.9. The van der Waals surface area contributed by atoms with E-state index in [0.717, 1.165) is 18.4 Å². The maximum Gasteiger partial charge on any atom is 0.231 e. The lowest BCUT2D eigenvalue weighted by molar-refractivity contribution is -0.120. The molecule has 6 rings (SSSR count). The highest BCUT2D eigenvalue weighted by molar-refractivity contribution is 6.08. The number of phenolic OH excluding ortho intramolecular Hbond substituents is 1. The molecule has 0 radical (unpaired) electrons. The van der Waals surface area contributed by atoms with Crippen molar-refractivity contribution in [1.82, 2.24) is 0 Å². The van der Waals surface area contributed by atoms with Crippen LogP contribution in [0.25, 0.3) is 0 Å². The minimum Gasteiger partial charge on any atom is -0.506 e. The normalized spacial score (nSPS) is 20.0. The number of nitrogens with one attached hydrogen (secondary N) is 1. The van der Waals surface area contributed by atoms with Crippen LogP contribution < -0.4 is 15.0 Å². The number of halogens is 1. The van der Waals surface area contributed by atoms with Gasteiger partial charge in [0.2, 0.25) is 5.91 Å². The molecule has 0 bridgehead atoms. The number of Topliss-reactive ketones (excluding diaryl/α,β-unsaturated/α-hetero) is 1. The predicted molar refractivity (Wildman–Crippen MR) is 147 cm³/mol. The second-order valence-electron chi connectivity index (χ2n) is 11.5. The lowest BCUT2D eigenvalue weighted by Crippen LogP contribution is -2.40. The van der Waals surface area contributed by atoms with Gasteiger partial charge in [-0.2, -0.15) is 0 Å². The average molecular weight is 527 g/mol. The van der Waals surface area contributed by atoms with Crippen LogP contribution in [0.15, 0.2) is 78.0 Å². The van der Waals surface area contributed by atoms with Gasteiger partial charge >= 0.3 is 0 Å². The Morgan fingerprint density at radius 2 is 1.85 bits per heavy atom. The summed E-state index contributed by atoms with van der Waals surface area (Å²) in [5.74, 6) is -0.749. The third-order valence-electron chi connectivity index (χ3n) is 7.69. The fourth-order valence-electron chi connectivity index (χ4n) is 5.67. The number of amides is 1. The third-order valence-corrected chi connectivity index (χ3v) is 7.69. The van der Waals surface area contributed by atoms with E-state index in [0.29, 0.717) is 34.8 Å². The Balaban J connectivity index is 1.48. The number of aromatic hydroxyl groups is 1. The first kappa shape index (κ1) is 25.2. The number of para-hydroxylation sites is 1. The SMILES string of the molecule is CC1(C)CC(=O)C2=C(C1)Nc1c(O)cccc1N(C(=O)C1CC1)C2c1ccc(OCc2ccccc2)cc1F. The van der Waals surface area contributed by atoms with Crippen LogP contribution in [0, 0.1) is 17.2 Å². The molecule has 1 fully saturated rings. The molecule has 39 heavy (non-hydrogen) atoms. The smallest absolute Gasteiger partial charge is 0.231 e. The number of hydrogen-bond acceptors (Lipinski definition) is 5. The van der Waals surface area contributed by atoms with Crippen molar-refractivity contribution in [2.45, 2.75) is 52.2 Å². The van der Waals surface area contributed by atoms with Gasteiger partial charge in [-0.05, 0) is 54.5 Å². The summed E-state index contributed by atoms with van der Waals surface area (Å²) in [5, 5.41) is 14.1. The van der Waals surface area contributed by atoms with Gasteiger partial charge in [0.25, 0.3) is 0 Å². The molecule has 1 saturated carbocycles. The maximum absolute atomic E-state index is 16.0. The number of carbonyl (C=O) groups excluding carboxylic acids is 2. The number of benzene rings is 3. The van der Waals surface area contributed by atoms with Gasteiger partial charge in [-0.25, -0.2) is 4.39 Å². The highest BCUT2D eigenvalue weighted by Gasteiger charge is 2.47. The Hall–Kier alpha value is -4.13. The molecule has 0 saturated heterocycles. The first-order chi connectivity index (χ1) is 18.7. The second kappa shape index (κ2) is 9.56. The van der Waals surface area contributed by atoms with E-state index in [1.807, 2.05) is 44.2 Å². The van der Waals surface area contributed by atoms with Crippen molar-refractivity contribution in [3.05, 3.63) is 94.9 Å². The van der Waals surface area contributed by atoms with Crippen LogP contribution in [0.4, 0.5) is 15.8 Å². The van der Waals surface area contributed by atoms with Crippen molar-refractivity contribution in [3.63, 3.8) is 0 Å². The summed E-state index contributed by atoms with van der Waals surface area (Å²) in [6.45, 7) is 4.30. The Morgan fingerprint density at radius 3 is 2.56 bits per heavy atom. The molecule has 1 heterocycles. The largest absolute Gasteiger partial charge is 0.506 e. The van der Waals surface area contributed by atoms with Crippen molar-refractivity contribution in [2.75, 3.05) is 10.2 Å². The van der Waals surface area contributed by atoms with E-state index in [9.17, 15) is 14.7 Å². The Labute approximate surface area is 227 Å². The van der Waals surface area contributed by atoms with E-state index in [-0.39, 0.29) is 47.4 Å². The van der Waals surface area contributed by atoms with E-state index in [1.165, 1.54) is 11.0 Å². The van der Waals surface area contributed by atoms with E-state index >= 15 is 4.39 Å². The number of allylic oxidation sites excluding steroid dienone is 1. The molecule has 1 atom stereocenters. The van der Waals surface area contributed by atoms with Crippen molar-refractivity contribution in [2.24, 2.45) is 11.3 Å². The van der Waals surface area contributed by atoms with Crippen molar-refractivity contribution >= 4 is 23.1 Å². The highest BCUT2D eigenvalue weighted by Crippen LogP contribution is 2.52. The Bertz CT molecular complexity index is 1490. The van der Waals surface area contributed by atoms with Gasteiger partial charge < -0.3 is 15.2 Å². The molecule has 6 nitrogen and oxygen atoms in total. The summed E-state index contributed by atoms with van der Waals surface area (Å²) in [7, 11) is 0. The summed E-state index contributed by atoms with van der Waals surface area (Å²) in [4.78, 5) is 29.1. The zero-order valence-corrected chi connectivity index (χ0v) is 22.0. The molecule has 2 N–H and O–H groups in total. The van der Waals surface area contributed by atoms with Crippen LogP contribution in [-0.2, 0) is 16.2 Å². The fraction of sp³-hybridized carbons (Fsp3) is 0.312. The fourth-order valence-corrected chi connectivity index (χ4v) is 5.67. The molecule has 200 valence electrons. The van der Waals surface area contributed by atoms with Gasteiger partial charge in [0.15, 0.2) is 5.78 Å². The molecule has 0 aromatic heterocycles. The number of hydrogen-bond donors (Lipinski definition) is 2. The number of carbonyl (C=O) groups is 2. The lowest BCUT2D eigenvalue weighted by atomic mass is 9.73. The van der Waals surface area contributed by atoms with Crippen molar-refractivity contribution in [1.29, 1.82) is 0 Å². The first-order valence-corrected chi connectivity index (χ1v) is 13.4. The van der Waals surface area contributed by atoms with Crippen LogP contribution in [0.3, 0.4) is 0 Å². The average Bonchev–Trinajstić information content (AvgIpc) is 3.74. The van der Waals surface area contributed by atoms with Gasteiger partial charge in [-0.3, -0.25) is 14.5 Å². The van der Waals surface area contributed by atoms with Gasteiger partial charge in [0, 0.05) is 35.2 Å². The Morgan fingerprint density at radius 1 is 1.08 bits per heavy atom. The lowest BCUT2D eigenvalue weighted by Gasteiger charge is -2.37. The van der Waals surface area contributed by atoms with Gasteiger partial charge in [-0.15, -0.1) is 0 Å². The second-order valence-corrected chi connectivity index (χ2v) is 11.5. The van der Waals surface area contributed by atoms with Crippen LogP contribution in [0.5, 0.6) is 11.5 Å². The zero-order valence-electron chi connectivity index (χ0n) is 22.0. The monoisotopic (exact) mass is 526 g/mol. The molecule has 3 aromatic carbocycles. The third kappa shape index (κ3) is 4.78. The molecule has 1 amide bonds. The highest BCUT2D eigenvalue weighted by atomic mass is 19.1. The van der Waals surface area contributed by atoms with Gasteiger partial charge in [0.1, 0.15) is 29.6 Å². The van der Waals surface area contributed by atoms with Crippen LogP contribution in [-0.4, -0.2) is 16.8 Å². The minimum atomic E-state index is -0.976.